The van der Waals surface area contributed by atoms with Crippen LogP contribution in [0.3, 0.4) is 0 Å². The van der Waals surface area contributed by atoms with E-state index in [9.17, 15) is 0 Å². The average Bonchev–Trinajstić information content (AvgIpc) is 2.89. The average molecular weight is 330 g/mol. The molecule has 0 atom stereocenters. The van der Waals surface area contributed by atoms with Crippen LogP contribution in [0.1, 0.15) is 29.9 Å². The predicted octanol–water partition coefficient (Wildman–Crippen LogP) is 3.48. The van der Waals surface area contributed by atoms with Crippen LogP contribution in [0.15, 0.2) is 20.4 Å². The monoisotopic (exact) mass is 329 g/mol. The van der Waals surface area contributed by atoms with Crippen LogP contribution in [0.5, 0.6) is 0 Å². The second kappa shape index (κ2) is 6.45. The standard InChI is InChI=1S/C12H16BrN3OS/c1-3-4-11-14-12(17-15-11)8-16(2)7-9-5-6-10(13)18-9/h5-6H,3-4,7-8H2,1-2H3. The maximum Gasteiger partial charge on any atom is 0.240 e. The molecule has 0 aliphatic heterocycles. The van der Waals surface area contributed by atoms with E-state index in [1.165, 1.54) is 4.88 Å². The Hall–Kier alpha value is -0.720. The summed E-state index contributed by atoms with van der Waals surface area (Å²) in [6, 6.07) is 4.20. The molecule has 2 rings (SSSR count). The van der Waals surface area contributed by atoms with Crippen molar-refractivity contribution < 1.29 is 4.52 Å². The second-order valence-corrected chi connectivity index (χ2v) is 6.78. The van der Waals surface area contributed by atoms with Crippen LogP contribution in [0.25, 0.3) is 0 Å². The molecule has 0 aliphatic rings. The minimum Gasteiger partial charge on any atom is -0.338 e. The van der Waals surface area contributed by atoms with Crippen LogP contribution in [-0.2, 0) is 19.5 Å². The summed E-state index contributed by atoms with van der Waals surface area (Å²) in [5, 5.41) is 3.95. The van der Waals surface area contributed by atoms with Gasteiger partial charge in [0.05, 0.1) is 10.3 Å². The minimum atomic E-state index is 0.687. The Bertz CT molecular complexity index is 497. The van der Waals surface area contributed by atoms with Gasteiger partial charge in [-0.1, -0.05) is 12.1 Å². The molecule has 0 saturated carbocycles. The summed E-state index contributed by atoms with van der Waals surface area (Å²) in [5.41, 5.74) is 0. The first-order valence-corrected chi connectivity index (χ1v) is 7.52. The molecule has 0 aliphatic carbocycles. The van der Waals surface area contributed by atoms with Gasteiger partial charge in [-0.25, -0.2) is 0 Å². The Morgan fingerprint density at radius 1 is 1.39 bits per heavy atom. The molecular weight excluding hydrogens is 314 g/mol. The quantitative estimate of drug-likeness (QED) is 0.813. The van der Waals surface area contributed by atoms with Crippen molar-refractivity contribution in [1.29, 1.82) is 0 Å². The van der Waals surface area contributed by atoms with Crippen molar-refractivity contribution >= 4 is 27.3 Å². The number of aryl methyl sites for hydroxylation is 1. The van der Waals surface area contributed by atoms with E-state index in [0.717, 1.165) is 29.0 Å². The van der Waals surface area contributed by atoms with Crippen LogP contribution in [0.4, 0.5) is 0 Å². The van der Waals surface area contributed by atoms with Crippen molar-refractivity contribution in [3.05, 3.63) is 32.5 Å². The highest BCUT2D eigenvalue weighted by Crippen LogP contribution is 2.23. The number of halogens is 1. The Morgan fingerprint density at radius 3 is 2.89 bits per heavy atom. The molecule has 0 N–H and O–H groups in total. The van der Waals surface area contributed by atoms with Gasteiger partial charge in [-0.05, 0) is 41.5 Å². The molecule has 0 amide bonds. The lowest BCUT2D eigenvalue weighted by atomic mass is 10.3. The first kappa shape index (κ1) is 13.7. The Labute approximate surface area is 119 Å². The maximum atomic E-state index is 5.22. The fourth-order valence-corrected chi connectivity index (χ4v) is 3.23. The number of rotatable bonds is 6. The van der Waals surface area contributed by atoms with Crippen molar-refractivity contribution in [1.82, 2.24) is 15.0 Å². The summed E-state index contributed by atoms with van der Waals surface area (Å²) in [7, 11) is 2.05. The lowest BCUT2D eigenvalue weighted by Crippen LogP contribution is -2.16. The van der Waals surface area contributed by atoms with Gasteiger partial charge in [-0.2, -0.15) is 4.98 Å². The van der Waals surface area contributed by atoms with E-state index in [2.05, 4.69) is 57.1 Å². The third-order valence-corrected chi connectivity index (χ3v) is 4.05. The normalized spacial score (nSPS) is 11.3. The lowest BCUT2D eigenvalue weighted by Gasteiger charge is -2.12. The van der Waals surface area contributed by atoms with Gasteiger partial charge in [0.1, 0.15) is 0 Å². The first-order chi connectivity index (χ1) is 8.67. The van der Waals surface area contributed by atoms with E-state index in [1.54, 1.807) is 11.3 Å². The van der Waals surface area contributed by atoms with Crippen LogP contribution < -0.4 is 0 Å². The summed E-state index contributed by atoms with van der Waals surface area (Å²) in [5.74, 6) is 1.50. The third-order valence-electron chi connectivity index (χ3n) is 2.44. The van der Waals surface area contributed by atoms with E-state index < -0.39 is 0 Å². The Balaban J connectivity index is 1.88. The fourth-order valence-electron chi connectivity index (χ4n) is 1.67. The van der Waals surface area contributed by atoms with Gasteiger partial charge in [-0.15, -0.1) is 11.3 Å². The first-order valence-electron chi connectivity index (χ1n) is 5.91. The molecule has 2 heterocycles. The zero-order valence-electron chi connectivity index (χ0n) is 10.5. The van der Waals surface area contributed by atoms with Crippen LogP contribution in [0, 0.1) is 0 Å². The molecular formula is C12H16BrN3OS. The molecule has 18 heavy (non-hydrogen) atoms. The summed E-state index contributed by atoms with van der Waals surface area (Å²) in [6.45, 7) is 3.69. The Kier molecular flexibility index (Phi) is 4.91. The van der Waals surface area contributed by atoms with E-state index >= 15 is 0 Å². The van der Waals surface area contributed by atoms with E-state index in [0.29, 0.717) is 12.4 Å². The lowest BCUT2D eigenvalue weighted by molar-refractivity contribution is 0.262. The topological polar surface area (TPSA) is 42.2 Å². The molecule has 0 aromatic carbocycles. The van der Waals surface area contributed by atoms with Gasteiger partial charge in [0.25, 0.3) is 0 Å². The zero-order valence-corrected chi connectivity index (χ0v) is 12.9. The predicted molar refractivity (Wildman–Crippen MR) is 75.5 cm³/mol. The molecule has 0 radical (unpaired) electrons. The minimum absolute atomic E-state index is 0.687. The molecule has 2 aromatic rings. The summed E-state index contributed by atoms with van der Waals surface area (Å²) in [4.78, 5) is 7.85. The highest BCUT2D eigenvalue weighted by molar-refractivity contribution is 9.11. The SMILES string of the molecule is CCCc1noc(CN(C)Cc2ccc(Br)s2)n1. The number of hydrogen-bond donors (Lipinski definition) is 0. The van der Waals surface area contributed by atoms with E-state index in [-0.39, 0.29) is 0 Å². The molecule has 0 bridgehead atoms. The van der Waals surface area contributed by atoms with Gasteiger partial charge in [0.2, 0.25) is 5.89 Å². The number of thiophene rings is 1. The van der Waals surface area contributed by atoms with Gasteiger partial charge < -0.3 is 4.52 Å². The van der Waals surface area contributed by atoms with E-state index in [4.69, 9.17) is 4.52 Å². The van der Waals surface area contributed by atoms with Gasteiger partial charge >= 0.3 is 0 Å². The molecule has 98 valence electrons. The fraction of sp³-hybridized carbons (Fsp3) is 0.500. The van der Waals surface area contributed by atoms with Crippen LogP contribution in [-0.4, -0.2) is 22.1 Å². The van der Waals surface area contributed by atoms with Crippen molar-refractivity contribution in [2.75, 3.05) is 7.05 Å². The smallest absolute Gasteiger partial charge is 0.240 e. The number of hydrogen-bond acceptors (Lipinski definition) is 5. The van der Waals surface area contributed by atoms with Gasteiger partial charge in [0.15, 0.2) is 5.82 Å². The van der Waals surface area contributed by atoms with Gasteiger partial charge in [0, 0.05) is 17.8 Å². The van der Waals surface area contributed by atoms with Crippen molar-refractivity contribution in [3.63, 3.8) is 0 Å². The molecule has 4 nitrogen and oxygen atoms in total. The molecule has 0 saturated heterocycles. The van der Waals surface area contributed by atoms with E-state index in [1.807, 2.05) is 0 Å². The summed E-state index contributed by atoms with van der Waals surface area (Å²) in [6.07, 6.45) is 1.92. The van der Waals surface area contributed by atoms with Crippen LogP contribution >= 0.6 is 27.3 Å². The molecule has 0 unspecified atom stereocenters. The highest BCUT2D eigenvalue weighted by Gasteiger charge is 2.09. The highest BCUT2D eigenvalue weighted by atomic mass is 79.9. The van der Waals surface area contributed by atoms with Crippen molar-refractivity contribution in [2.45, 2.75) is 32.9 Å². The zero-order chi connectivity index (χ0) is 13.0. The molecule has 0 fully saturated rings. The summed E-state index contributed by atoms with van der Waals surface area (Å²) < 4.78 is 6.38. The third kappa shape index (κ3) is 3.90. The van der Waals surface area contributed by atoms with Crippen LogP contribution in [0.2, 0.25) is 0 Å². The molecule has 0 spiro atoms. The van der Waals surface area contributed by atoms with Gasteiger partial charge in [-0.3, -0.25) is 4.90 Å². The second-order valence-electron chi connectivity index (χ2n) is 4.23. The number of nitrogens with zero attached hydrogens (tertiary/aromatic N) is 3. The molecule has 2 aromatic heterocycles. The number of aromatic nitrogens is 2. The molecule has 6 heteroatoms. The summed E-state index contributed by atoms with van der Waals surface area (Å²) >= 11 is 5.22. The van der Waals surface area contributed by atoms with Crippen molar-refractivity contribution in [3.8, 4) is 0 Å². The van der Waals surface area contributed by atoms with Crippen molar-refractivity contribution in [2.24, 2.45) is 0 Å². The maximum absolute atomic E-state index is 5.22. The Morgan fingerprint density at radius 2 is 2.22 bits per heavy atom. The largest absolute Gasteiger partial charge is 0.338 e.